The number of nitrogens with zero attached hydrogens (tertiary/aromatic N) is 1. The first kappa shape index (κ1) is 17.7. The number of amides is 1. The van der Waals surface area contributed by atoms with Crippen LogP contribution in [-0.4, -0.2) is 29.9 Å². The maximum absolute atomic E-state index is 12.3. The zero-order valence-corrected chi connectivity index (χ0v) is 16.8. The first-order valence-electron chi connectivity index (χ1n) is 11.3. The number of rotatable bonds is 4. The summed E-state index contributed by atoms with van der Waals surface area (Å²) in [5.74, 6) is 2.23. The molecule has 5 rings (SSSR count). The average molecular weight is 367 g/mol. The van der Waals surface area contributed by atoms with Gasteiger partial charge in [-0.05, 0) is 81.0 Å². The van der Waals surface area contributed by atoms with Crippen molar-refractivity contribution in [2.75, 3.05) is 13.1 Å². The van der Waals surface area contributed by atoms with Crippen LogP contribution >= 0.6 is 0 Å². The minimum absolute atomic E-state index is 0.216. The minimum Gasteiger partial charge on any atom is -0.349 e. The summed E-state index contributed by atoms with van der Waals surface area (Å²) in [6, 6.07) is 10.0. The molecular formula is C24H34N2O. The maximum Gasteiger partial charge on any atom is 0.220 e. The van der Waals surface area contributed by atoms with Crippen molar-refractivity contribution < 1.29 is 4.79 Å². The van der Waals surface area contributed by atoms with Crippen molar-refractivity contribution >= 4 is 5.91 Å². The van der Waals surface area contributed by atoms with Gasteiger partial charge in [-0.15, -0.1) is 0 Å². The Kier molecular flexibility index (Phi) is 4.54. The summed E-state index contributed by atoms with van der Waals surface area (Å²) in [6.45, 7) is 4.57. The summed E-state index contributed by atoms with van der Waals surface area (Å²) in [5.41, 5.74) is 3.20. The van der Waals surface area contributed by atoms with E-state index in [-0.39, 0.29) is 17.4 Å². The highest BCUT2D eigenvalue weighted by Crippen LogP contribution is 2.53. The van der Waals surface area contributed by atoms with Gasteiger partial charge in [0.15, 0.2) is 0 Å². The molecule has 1 heterocycles. The van der Waals surface area contributed by atoms with Gasteiger partial charge >= 0.3 is 0 Å². The molecule has 0 aromatic heterocycles. The zero-order valence-electron chi connectivity index (χ0n) is 16.8. The molecule has 1 aliphatic heterocycles. The van der Waals surface area contributed by atoms with Crippen molar-refractivity contribution in [1.29, 1.82) is 0 Å². The first-order chi connectivity index (χ1) is 13.2. The molecule has 1 aromatic rings. The summed E-state index contributed by atoms with van der Waals surface area (Å²) < 4.78 is 0. The second kappa shape index (κ2) is 6.92. The Labute approximate surface area is 163 Å². The van der Waals surface area contributed by atoms with E-state index in [1.54, 1.807) is 0 Å². The normalized spacial score (nSPS) is 34.1. The second-order valence-corrected chi connectivity index (χ2v) is 9.72. The van der Waals surface area contributed by atoms with E-state index in [1.807, 2.05) is 0 Å². The Morgan fingerprint density at radius 1 is 1.19 bits per heavy atom. The van der Waals surface area contributed by atoms with Crippen molar-refractivity contribution in [3.63, 3.8) is 0 Å². The number of piperidine rings is 1. The molecule has 3 aliphatic carbocycles. The number of carbonyl (C=O) groups excluding carboxylic acids is 1. The van der Waals surface area contributed by atoms with Crippen LogP contribution in [0.3, 0.4) is 0 Å². The highest BCUT2D eigenvalue weighted by Gasteiger charge is 2.48. The van der Waals surface area contributed by atoms with Crippen LogP contribution < -0.4 is 5.32 Å². The summed E-state index contributed by atoms with van der Waals surface area (Å²) in [6.07, 6.45) is 11.1. The molecule has 2 bridgehead atoms. The van der Waals surface area contributed by atoms with E-state index in [4.69, 9.17) is 0 Å². The van der Waals surface area contributed by atoms with Crippen molar-refractivity contribution in [3.05, 3.63) is 35.4 Å². The lowest BCUT2D eigenvalue weighted by Gasteiger charge is -2.44. The Balaban J connectivity index is 1.31. The monoisotopic (exact) mass is 366 g/mol. The van der Waals surface area contributed by atoms with Gasteiger partial charge in [0.05, 0.1) is 6.04 Å². The van der Waals surface area contributed by atoms with E-state index in [1.165, 1.54) is 62.7 Å². The van der Waals surface area contributed by atoms with Crippen molar-refractivity contribution in [2.24, 2.45) is 11.8 Å². The first-order valence-corrected chi connectivity index (χ1v) is 11.3. The van der Waals surface area contributed by atoms with Gasteiger partial charge in [-0.3, -0.25) is 4.79 Å². The molecule has 1 saturated heterocycles. The number of carbonyl (C=O) groups is 1. The molecule has 146 valence electrons. The molecule has 4 atom stereocenters. The fourth-order valence-corrected chi connectivity index (χ4v) is 6.93. The van der Waals surface area contributed by atoms with E-state index >= 15 is 0 Å². The molecule has 1 amide bonds. The number of nitrogens with one attached hydrogen (secondary N) is 1. The quantitative estimate of drug-likeness (QED) is 0.846. The molecule has 2 saturated carbocycles. The lowest BCUT2D eigenvalue weighted by atomic mass is 9.73. The molecule has 1 aromatic carbocycles. The molecule has 1 N–H and O–H groups in total. The SMILES string of the molecule is CCCC(=O)N[C@H]1CC2(CCN([C@@H]3C[C@H]4CC[C@@H]3C4)CC2)c2ccccc21. The molecule has 27 heavy (non-hydrogen) atoms. The van der Waals surface area contributed by atoms with E-state index < -0.39 is 0 Å². The standard InChI is InChI=1S/C24H34N2O/c1-2-5-23(27)25-21-16-24(20-7-4-3-6-19(20)21)10-12-26(13-11-24)22-15-17-8-9-18(22)14-17/h3-4,6-7,17-18,21-22H,2,5,8-16H2,1H3,(H,25,27)/t17-,18+,21-,22+/m0/s1. The van der Waals surface area contributed by atoms with Gasteiger partial charge in [0, 0.05) is 17.9 Å². The van der Waals surface area contributed by atoms with Gasteiger partial charge < -0.3 is 10.2 Å². The van der Waals surface area contributed by atoms with Crippen LogP contribution in [-0.2, 0) is 10.2 Å². The van der Waals surface area contributed by atoms with Crippen LogP contribution in [0.1, 0.15) is 81.9 Å². The highest BCUT2D eigenvalue weighted by atomic mass is 16.1. The van der Waals surface area contributed by atoms with Gasteiger partial charge in [-0.1, -0.05) is 37.6 Å². The van der Waals surface area contributed by atoms with Crippen LogP contribution in [0.15, 0.2) is 24.3 Å². The van der Waals surface area contributed by atoms with E-state index in [0.29, 0.717) is 6.42 Å². The average Bonchev–Trinajstić information content (AvgIpc) is 3.38. The van der Waals surface area contributed by atoms with Crippen molar-refractivity contribution in [3.8, 4) is 0 Å². The van der Waals surface area contributed by atoms with Crippen LogP contribution in [0.25, 0.3) is 0 Å². The number of hydrogen-bond donors (Lipinski definition) is 1. The van der Waals surface area contributed by atoms with Crippen LogP contribution in [0.4, 0.5) is 0 Å². The molecule has 4 aliphatic rings. The van der Waals surface area contributed by atoms with Crippen LogP contribution in [0.5, 0.6) is 0 Å². The smallest absolute Gasteiger partial charge is 0.220 e. The summed E-state index contributed by atoms with van der Waals surface area (Å²) in [7, 11) is 0. The Hall–Kier alpha value is -1.35. The van der Waals surface area contributed by atoms with E-state index in [0.717, 1.165) is 30.7 Å². The Bertz CT molecular complexity index is 706. The molecule has 3 heteroatoms. The molecule has 1 spiro atoms. The topological polar surface area (TPSA) is 32.3 Å². The Morgan fingerprint density at radius 3 is 2.70 bits per heavy atom. The zero-order chi connectivity index (χ0) is 18.4. The number of hydrogen-bond acceptors (Lipinski definition) is 2. The van der Waals surface area contributed by atoms with Gasteiger partial charge in [-0.2, -0.15) is 0 Å². The Morgan fingerprint density at radius 2 is 2.00 bits per heavy atom. The van der Waals surface area contributed by atoms with Crippen LogP contribution in [0.2, 0.25) is 0 Å². The molecule has 0 unspecified atom stereocenters. The number of likely N-dealkylation sites (tertiary alicyclic amines) is 1. The molecule has 0 radical (unpaired) electrons. The summed E-state index contributed by atoms with van der Waals surface area (Å²) in [4.78, 5) is 15.1. The van der Waals surface area contributed by atoms with Crippen LogP contribution in [0, 0.1) is 11.8 Å². The fourth-order valence-electron chi connectivity index (χ4n) is 6.93. The van der Waals surface area contributed by atoms with Gasteiger partial charge in [-0.25, -0.2) is 0 Å². The number of benzene rings is 1. The third-order valence-electron chi connectivity index (χ3n) is 8.24. The second-order valence-electron chi connectivity index (χ2n) is 9.72. The highest BCUT2D eigenvalue weighted by molar-refractivity contribution is 5.76. The summed E-state index contributed by atoms with van der Waals surface area (Å²) >= 11 is 0. The lowest BCUT2D eigenvalue weighted by molar-refractivity contribution is -0.121. The van der Waals surface area contributed by atoms with Gasteiger partial charge in [0.25, 0.3) is 0 Å². The largest absolute Gasteiger partial charge is 0.349 e. The lowest BCUT2D eigenvalue weighted by Crippen LogP contribution is -2.48. The van der Waals surface area contributed by atoms with E-state index in [2.05, 4.69) is 41.4 Å². The fraction of sp³-hybridized carbons (Fsp3) is 0.708. The predicted octanol–water partition coefficient (Wildman–Crippen LogP) is 4.57. The summed E-state index contributed by atoms with van der Waals surface area (Å²) in [5, 5.41) is 3.34. The maximum atomic E-state index is 12.3. The molecule has 3 nitrogen and oxygen atoms in total. The molecule has 3 fully saturated rings. The molecular weight excluding hydrogens is 332 g/mol. The third kappa shape index (κ3) is 3.03. The van der Waals surface area contributed by atoms with E-state index in [9.17, 15) is 4.79 Å². The number of fused-ring (bicyclic) bond motifs is 4. The van der Waals surface area contributed by atoms with Crippen molar-refractivity contribution in [1.82, 2.24) is 10.2 Å². The minimum atomic E-state index is 0.216. The van der Waals surface area contributed by atoms with Gasteiger partial charge in [0.2, 0.25) is 5.91 Å². The predicted molar refractivity (Wildman–Crippen MR) is 109 cm³/mol. The van der Waals surface area contributed by atoms with Crippen molar-refractivity contribution in [2.45, 2.75) is 82.2 Å². The van der Waals surface area contributed by atoms with Gasteiger partial charge in [0.1, 0.15) is 0 Å². The third-order valence-corrected chi connectivity index (χ3v) is 8.24.